The fourth-order valence-corrected chi connectivity index (χ4v) is 2.51. The molecule has 24 heavy (non-hydrogen) atoms. The highest BCUT2D eigenvalue weighted by atomic mass is 35.5. The number of hydrogen-bond donors (Lipinski definition) is 1. The molecule has 0 atom stereocenters. The largest absolute Gasteiger partial charge is 0.351 e. The van der Waals surface area contributed by atoms with Gasteiger partial charge in [-0.15, -0.1) is 12.4 Å². The molecule has 2 aromatic carbocycles. The molecule has 0 aliphatic heterocycles. The highest BCUT2D eigenvalue weighted by Gasteiger charge is 2.12. The van der Waals surface area contributed by atoms with Gasteiger partial charge in [-0.05, 0) is 44.4 Å². The smallest absolute Gasteiger partial charge is 0.253 e. The van der Waals surface area contributed by atoms with E-state index in [1.165, 1.54) is 0 Å². The average Bonchev–Trinajstić information content (AvgIpc) is 2.51. The Balaban J connectivity index is 0.00000208. The van der Waals surface area contributed by atoms with Gasteiger partial charge in [0, 0.05) is 18.1 Å². The van der Waals surface area contributed by atoms with Crippen molar-refractivity contribution in [2.45, 2.75) is 0 Å². The molecule has 0 radical (unpaired) electrons. The van der Waals surface area contributed by atoms with Gasteiger partial charge in [-0.3, -0.25) is 4.79 Å². The summed E-state index contributed by atoms with van der Waals surface area (Å²) in [4.78, 5) is 23.6. The third-order valence-electron chi connectivity index (χ3n) is 3.51. The summed E-state index contributed by atoms with van der Waals surface area (Å²) in [6, 6.07) is 10.8. The van der Waals surface area contributed by atoms with Crippen LogP contribution in [0.5, 0.6) is 0 Å². The molecule has 0 saturated carbocycles. The Morgan fingerprint density at radius 2 is 1.92 bits per heavy atom. The highest BCUT2D eigenvalue weighted by Crippen LogP contribution is 2.21. The van der Waals surface area contributed by atoms with Crippen molar-refractivity contribution in [2.75, 3.05) is 27.2 Å². The third kappa shape index (κ3) is 3.93. The van der Waals surface area contributed by atoms with E-state index >= 15 is 0 Å². The number of rotatable bonds is 4. The van der Waals surface area contributed by atoms with Crippen LogP contribution in [-0.2, 0) is 0 Å². The van der Waals surface area contributed by atoms with Crippen LogP contribution in [0.2, 0.25) is 5.02 Å². The van der Waals surface area contributed by atoms with Crippen LogP contribution in [0.25, 0.3) is 22.1 Å². The Kier molecular flexibility index (Phi) is 5.94. The van der Waals surface area contributed by atoms with E-state index in [-0.39, 0.29) is 18.3 Å². The van der Waals surface area contributed by atoms with E-state index in [4.69, 9.17) is 11.6 Å². The molecular formula is C17H18Cl2N4O. The van der Waals surface area contributed by atoms with Crippen LogP contribution in [0.3, 0.4) is 0 Å². The average molecular weight is 365 g/mol. The topological polar surface area (TPSA) is 58.1 Å². The molecule has 0 spiro atoms. The number of aromatic nitrogens is 2. The zero-order valence-electron chi connectivity index (χ0n) is 13.4. The fourth-order valence-electron chi connectivity index (χ4n) is 2.34. The molecule has 1 heterocycles. The first kappa shape index (κ1) is 18.4. The van der Waals surface area contributed by atoms with Crippen molar-refractivity contribution in [3.63, 3.8) is 0 Å². The summed E-state index contributed by atoms with van der Waals surface area (Å²) < 4.78 is 0. The number of fused-ring (bicyclic) bond motifs is 2. The predicted molar refractivity (Wildman–Crippen MR) is 100 cm³/mol. The van der Waals surface area contributed by atoms with Gasteiger partial charge >= 0.3 is 0 Å². The van der Waals surface area contributed by atoms with E-state index in [0.717, 1.165) is 12.1 Å². The van der Waals surface area contributed by atoms with Gasteiger partial charge in [-0.2, -0.15) is 0 Å². The van der Waals surface area contributed by atoms with Gasteiger partial charge in [-0.25, -0.2) is 9.97 Å². The Hall–Kier alpha value is -1.95. The van der Waals surface area contributed by atoms with Crippen molar-refractivity contribution < 1.29 is 4.79 Å². The number of benzene rings is 2. The van der Waals surface area contributed by atoms with Crippen molar-refractivity contribution in [1.29, 1.82) is 0 Å². The zero-order chi connectivity index (χ0) is 16.4. The maximum atomic E-state index is 12.4. The summed E-state index contributed by atoms with van der Waals surface area (Å²) in [5.41, 5.74) is 3.24. The number of carbonyl (C=O) groups excluding carboxylic acids is 1. The van der Waals surface area contributed by atoms with Crippen LogP contribution in [0.1, 0.15) is 10.4 Å². The first-order valence-electron chi connectivity index (χ1n) is 7.33. The van der Waals surface area contributed by atoms with Gasteiger partial charge in [0.25, 0.3) is 5.91 Å². The van der Waals surface area contributed by atoms with Crippen LogP contribution >= 0.6 is 24.0 Å². The minimum absolute atomic E-state index is 0. The second-order valence-electron chi connectivity index (χ2n) is 5.59. The van der Waals surface area contributed by atoms with Gasteiger partial charge in [0.1, 0.15) is 5.52 Å². The highest BCUT2D eigenvalue weighted by molar-refractivity contribution is 6.31. The molecule has 5 nitrogen and oxygen atoms in total. The summed E-state index contributed by atoms with van der Waals surface area (Å²) in [5.74, 6) is -0.145. The number of likely N-dealkylation sites (N-methyl/N-ethyl adjacent to an activating group) is 1. The van der Waals surface area contributed by atoms with Gasteiger partial charge in [0.05, 0.1) is 22.1 Å². The van der Waals surface area contributed by atoms with E-state index in [2.05, 4.69) is 15.3 Å². The SMILES string of the molecule is CN(C)CCNC(=O)c1cccc2nc3ccc(Cl)cc3nc12.Cl. The quantitative estimate of drug-likeness (QED) is 0.722. The third-order valence-corrected chi connectivity index (χ3v) is 3.75. The molecule has 0 unspecified atom stereocenters. The number of hydrogen-bond acceptors (Lipinski definition) is 4. The van der Waals surface area contributed by atoms with E-state index in [1.807, 2.05) is 37.2 Å². The summed E-state index contributed by atoms with van der Waals surface area (Å²) in [7, 11) is 3.93. The lowest BCUT2D eigenvalue weighted by molar-refractivity contribution is 0.0952. The molecule has 0 aliphatic carbocycles. The Morgan fingerprint density at radius 1 is 1.12 bits per heavy atom. The van der Waals surface area contributed by atoms with Gasteiger partial charge < -0.3 is 10.2 Å². The fraction of sp³-hybridized carbons (Fsp3) is 0.235. The molecule has 1 N–H and O–H groups in total. The maximum absolute atomic E-state index is 12.4. The molecule has 1 aromatic heterocycles. The number of nitrogens with zero attached hydrogens (tertiary/aromatic N) is 3. The Labute approximate surface area is 151 Å². The maximum Gasteiger partial charge on any atom is 0.253 e. The van der Waals surface area contributed by atoms with Crippen molar-refractivity contribution in [2.24, 2.45) is 0 Å². The van der Waals surface area contributed by atoms with Crippen molar-refractivity contribution in [3.8, 4) is 0 Å². The second kappa shape index (κ2) is 7.75. The van der Waals surface area contributed by atoms with Crippen LogP contribution in [-0.4, -0.2) is 48.0 Å². The first-order valence-corrected chi connectivity index (χ1v) is 7.71. The number of carbonyl (C=O) groups is 1. The summed E-state index contributed by atoms with van der Waals surface area (Å²) in [6.07, 6.45) is 0. The van der Waals surface area contributed by atoms with Crippen molar-refractivity contribution in [1.82, 2.24) is 20.2 Å². The molecular weight excluding hydrogens is 347 g/mol. The van der Waals surface area contributed by atoms with Gasteiger partial charge in [0.2, 0.25) is 0 Å². The molecule has 3 rings (SSSR count). The number of para-hydroxylation sites is 1. The van der Waals surface area contributed by atoms with E-state index in [1.54, 1.807) is 18.2 Å². The summed E-state index contributed by atoms with van der Waals surface area (Å²) >= 11 is 6.02. The molecule has 126 valence electrons. The minimum atomic E-state index is -0.145. The lowest BCUT2D eigenvalue weighted by Gasteiger charge is -2.11. The zero-order valence-corrected chi connectivity index (χ0v) is 15.0. The first-order chi connectivity index (χ1) is 11.0. The minimum Gasteiger partial charge on any atom is -0.351 e. The van der Waals surface area contributed by atoms with Crippen LogP contribution in [0.4, 0.5) is 0 Å². The normalized spacial score (nSPS) is 10.8. The van der Waals surface area contributed by atoms with E-state index in [9.17, 15) is 4.79 Å². The predicted octanol–water partition coefficient (Wildman–Crippen LogP) is 3.15. The van der Waals surface area contributed by atoms with Gasteiger partial charge in [0.15, 0.2) is 0 Å². The number of nitrogens with one attached hydrogen (secondary N) is 1. The Bertz CT molecular complexity index is 883. The standard InChI is InChI=1S/C17H17ClN4O.ClH/c1-22(2)9-8-19-17(23)12-4-3-5-14-16(12)21-15-10-11(18)6-7-13(15)20-14;/h3-7,10H,8-9H2,1-2H3,(H,19,23);1H. The summed E-state index contributed by atoms with van der Waals surface area (Å²) in [5, 5.41) is 3.50. The lowest BCUT2D eigenvalue weighted by atomic mass is 10.1. The second-order valence-corrected chi connectivity index (χ2v) is 6.03. The molecule has 1 amide bonds. The van der Waals surface area contributed by atoms with Crippen LogP contribution in [0, 0.1) is 0 Å². The van der Waals surface area contributed by atoms with Crippen molar-refractivity contribution >= 4 is 52.0 Å². The Morgan fingerprint density at radius 3 is 2.67 bits per heavy atom. The van der Waals surface area contributed by atoms with Crippen LogP contribution in [0.15, 0.2) is 36.4 Å². The molecule has 7 heteroatoms. The van der Waals surface area contributed by atoms with Crippen molar-refractivity contribution in [3.05, 3.63) is 47.0 Å². The molecule has 0 aliphatic rings. The summed E-state index contributed by atoms with van der Waals surface area (Å²) in [6.45, 7) is 1.36. The van der Waals surface area contributed by atoms with E-state index < -0.39 is 0 Å². The molecule has 0 fully saturated rings. The van der Waals surface area contributed by atoms with Gasteiger partial charge in [-0.1, -0.05) is 17.7 Å². The molecule has 3 aromatic rings. The lowest BCUT2D eigenvalue weighted by Crippen LogP contribution is -2.31. The van der Waals surface area contributed by atoms with E-state index in [0.29, 0.717) is 33.7 Å². The monoisotopic (exact) mass is 364 g/mol. The number of amides is 1. The number of halogens is 2. The van der Waals surface area contributed by atoms with Crippen LogP contribution < -0.4 is 5.32 Å². The molecule has 0 bridgehead atoms. The molecule has 0 saturated heterocycles.